The van der Waals surface area contributed by atoms with Gasteiger partial charge in [0, 0.05) is 35.5 Å². The lowest BCUT2D eigenvalue weighted by Crippen LogP contribution is -2.52. The van der Waals surface area contributed by atoms with E-state index in [1.165, 1.54) is 11.0 Å². The molecule has 48 heavy (non-hydrogen) atoms. The summed E-state index contributed by atoms with van der Waals surface area (Å²) in [4.78, 5) is 41.4. The average Bonchev–Trinajstić information content (AvgIpc) is 3.28. The molecule has 256 valence electrons. The third kappa shape index (κ3) is 8.53. The first-order valence-corrected chi connectivity index (χ1v) is 15.9. The molecule has 1 fully saturated rings. The fourth-order valence-electron chi connectivity index (χ4n) is 5.22. The van der Waals surface area contributed by atoms with Crippen LogP contribution in [0.2, 0.25) is 10.0 Å². The molecule has 1 unspecified atom stereocenters. The van der Waals surface area contributed by atoms with Crippen LogP contribution in [0.5, 0.6) is 5.75 Å². The summed E-state index contributed by atoms with van der Waals surface area (Å²) < 4.78 is 64.4. The zero-order chi connectivity index (χ0) is 35.6. The Morgan fingerprint density at radius 1 is 1.12 bits per heavy atom. The van der Waals surface area contributed by atoms with Crippen LogP contribution in [-0.2, 0) is 11.9 Å². The first-order chi connectivity index (χ1) is 22.4. The Bertz CT molecular complexity index is 1800. The van der Waals surface area contributed by atoms with Crippen LogP contribution in [0.3, 0.4) is 0 Å². The molecule has 5 rings (SSSR count). The number of carbonyl (C=O) groups is 2. The van der Waals surface area contributed by atoms with Gasteiger partial charge in [-0.05, 0) is 66.5 Å². The number of amides is 2. The Kier molecular flexibility index (Phi) is 11.6. The summed E-state index contributed by atoms with van der Waals surface area (Å²) in [5.74, 6) is -0.163. The lowest BCUT2D eigenvalue weighted by Gasteiger charge is -2.36. The molecular weight excluding hydrogens is 728 g/mol. The van der Waals surface area contributed by atoms with Gasteiger partial charge in [-0.25, -0.2) is 4.79 Å². The monoisotopic (exact) mass is 751 g/mol. The van der Waals surface area contributed by atoms with E-state index in [2.05, 4.69) is 6.07 Å². The van der Waals surface area contributed by atoms with Gasteiger partial charge < -0.3 is 15.0 Å². The highest BCUT2D eigenvalue weighted by molar-refractivity contribution is 7.99. The molecule has 2 aliphatic rings. The van der Waals surface area contributed by atoms with Crippen LogP contribution < -0.4 is 10.5 Å². The Morgan fingerprint density at radius 3 is 2.38 bits per heavy atom. The molecule has 2 aromatic carbocycles. The number of anilines is 1. The number of nitriles is 1. The van der Waals surface area contributed by atoms with Gasteiger partial charge in [0.15, 0.2) is 6.29 Å². The number of hydrogen-bond donors (Lipinski definition) is 2. The summed E-state index contributed by atoms with van der Waals surface area (Å²) in [5.41, 5.74) is -0.223. The molecule has 1 saturated heterocycles. The van der Waals surface area contributed by atoms with Crippen molar-refractivity contribution in [2.24, 2.45) is 0 Å². The van der Waals surface area contributed by atoms with Gasteiger partial charge in [-0.3, -0.25) is 19.4 Å². The van der Waals surface area contributed by atoms with Crippen LogP contribution in [0.1, 0.15) is 46.1 Å². The summed E-state index contributed by atoms with van der Waals surface area (Å²) in [7, 11) is 1.86. The number of benzene rings is 2. The molecule has 2 aliphatic heterocycles. The van der Waals surface area contributed by atoms with Crippen LogP contribution >= 0.6 is 46.6 Å². The van der Waals surface area contributed by atoms with Crippen molar-refractivity contribution in [3.8, 4) is 11.8 Å². The number of alkyl halides is 6. The lowest BCUT2D eigenvalue weighted by molar-refractivity contribution is -0.140. The number of aromatic hydroxyl groups is 1. The number of H-pyrrole nitrogens is 1. The minimum atomic E-state index is -4.47. The van der Waals surface area contributed by atoms with Gasteiger partial charge in [-0.1, -0.05) is 41.0 Å². The maximum absolute atomic E-state index is 13.2. The van der Waals surface area contributed by atoms with Crippen molar-refractivity contribution in [2.75, 3.05) is 31.6 Å². The van der Waals surface area contributed by atoms with E-state index in [4.69, 9.17) is 40.1 Å². The zero-order valence-electron chi connectivity index (χ0n) is 24.8. The highest BCUT2D eigenvalue weighted by atomic mass is 35.5. The normalized spacial score (nSPS) is 16.7. The Balaban J connectivity index is 0.000000220. The predicted molar refractivity (Wildman–Crippen MR) is 170 cm³/mol. The molecule has 18 heteroatoms. The number of nitrogens with one attached hydrogen (secondary N) is 1. The van der Waals surface area contributed by atoms with Gasteiger partial charge in [0.2, 0.25) is 0 Å². The van der Waals surface area contributed by atoms with E-state index in [1.54, 1.807) is 24.3 Å². The highest BCUT2D eigenvalue weighted by Crippen LogP contribution is 2.43. The number of urea groups is 1. The number of nitrogens with zero attached hydrogens (tertiary/aromatic N) is 4. The van der Waals surface area contributed by atoms with E-state index < -0.39 is 35.4 Å². The Morgan fingerprint density at radius 2 is 1.79 bits per heavy atom. The SMILES string of the molecule is CN1Cc2cc(N3CCCN(CC(F)(F)F)C3=O)c(O)cc2C1CC#N.O=Cc1c(Sc2c(Cl)cccc2Cl)cc(C(F)(F)Cl)[nH]c1=O. The summed E-state index contributed by atoms with van der Waals surface area (Å²) in [5, 5.41) is 16.1. The number of pyridine rings is 1. The topological polar surface area (TPSA) is 121 Å². The summed E-state index contributed by atoms with van der Waals surface area (Å²) >= 11 is 17.7. The van der Waals surface area contributed by atoms with Crippen molar-refractivity contribution in [3.63, 3.8) is 0 Å². The highest BCUT2D eigenvalue weighted by Gasteiger charge is 2.38. The number of carbonyl (C=O) groups excluding carboxylic acids is 2. The van der Waals surface area contributed by atoms with E-state index in [-0.39, 0.29) is 63.8 Å². The number of halogens is 8. The molecular formula is C30H25Cl3F5N5O4S. The van der Waals surface area contributed by atoms with E-state index in [1.807, 2.05) is 16.9 Å². The third-order valence-electron chi connectivity index (χ3n) is 7.39. The number of aromatic nitrogens is 1. The molecule has 9 nitrogen and oxygen atoms in total. The first kappa shape index (κ1) is 37.3. The molecule has 1 aromatic heterocycles. The molecule has 0 spiro atoms. The molecule has 0 radical (unpaired) electrons. The molecule has 0 saturated carbocycles. The van der Waals surface area contributed by atoms with Gasteiger partial charge >= 0.3 is 17.6 Å². The molecule has 2 N–H and O–H groups in total. The van der Waals surface area contributed by atoms with Crippen LogP contribution in [0.25, 0.3) is 0 Å². The minimum absolute atomic E-state index is 0.0240. The quantitative estimate of drug-likeness (QED) is 0.143. The van der Waals surface area contributed by atoms with Crippen molar-refractivity contribution in [2.45, 2.75) is 46.8 Å². The van der Waals surface area contributed by atoms with Crippen molar-refractivity contribution in [1.29, 1.82) is 5.26 Å². The van der Waals surface area contributed by atoms with Crippen molar-refractivity contribution >= 4 is 64.6 Å². The third-order valence-corrected chi connectivity index (χ3v) is 9.65. The van der Waals surface area contributed by atoms with E-state index in [0.29, 0.717) is 17.9 Å². The van der Waals surface area contributed by atoms with Crippen LogP contribution in [0, 0.1) is 11.3 Å². The van der Waals surface area contributed by atoms with Gasteiger partial charge in [0.05, 0.1) is 33.8 Å². The second-order valence-electron chi connectivity index (χ2n) is 10.7. The number of aldehydes is 1. The van der Waals surface area contributed by atoms with Crippen molar-refractivity contribution in [3.05, 3.63) is 79.2 Å². The van der Waals surface area contributed by atoms with Crippen molar-refractivity contribution < 1.29 is 36.6 Å². The number of phenolic OH excluding ortho intramolecular Hbond substituents is 1. The summed E-state index contributed by atoms with van der Waals surface area (Å²) in [6.45, 7) is -0.477. The second kappa shape index (κ2) is 14.9. The number of phenols is 1. The molecule has 0 aliphatic carbocycles. The van der Waals surface area contributed by atoms with Crippen molar-refractivity contribution in [1.82, 2.24) is 14.8 Å². The number of rotatable bonds is 7. The summed E-state index contributed by atoms with van der Waals surface area (Å²) in [6.07, 6.45) is -3.55. The van der Waals surface area contributed by atoms with Gasteiger partial charge in [0.1, 0.15) is 18.0 Å². The number of fused-ring (bicyclic) bond motifs is 1. The lowest BCUT2D eigenvalue weighted by atomic mass is 10.0. The Labute approximate surface area is 289 Å². The zero-order valence-corrected chi connectivity index (χ0v) is 27.8. The summed E-state index contributed by atoms with van der Waals surface area (Å²) in [6, 6.07) is 9.98. The van der Waals surface area contributed by atoms with Gasteiger partial charge in [-0.15, -0.1) is 0 Å². The van der Waals surface area contributed by atoms with Gasteiger partial charge in [0.25, 0.3) is 5.56 Å². The smallest absolute Gasteiger partial charge is 0.406 e. The minimum Gasteiger partial charge on any atom is -0.506 e. The van der Waals surface area contributed by atoms with E-state index in [9.17, 15) is 41.4 Å². The Hall–Kier alpha value is -3.55. The standard InChI is InChI=1S/C17H19F3N4O2.C13H6Cl3F2NO2S/c1-22-9-11-7-14(15(25)8-12(11)13(22)3-4-21)24-6-2-5-23(16(24)26)10-17(18,19)20;14-7-2-1-3-8(15)11(7)22-9-4-10(13(16,17)18)19-12(21)6(9)5-20/h7-8,13,25H,2-3,5-6,9-10H2,1H3;1-5H,(H,19,21). The second-order valence-corrected chi connectivity index (χ2v) is 13.1. The van der Waals surface area contributed by atoms with Gasteiger partial charge in [-0.2, -0.15) is 27.2 Å². The number of hydrogen-bond acceptors (Lipinski definition) is 7. The van der Waals surface area contributed by atoms with Crippen LogP contribution in [0.15, 0.2) is 51.0 Å². The molecule has 0 bridgehead atoms. The number of aromatic amines is 1. The first-order valence-electron chi connectivity index (χ1n) is 13.9. The predicted octanol–water partition coefficient (Wildman–Crippen LogP) is 7.92. The van der Waals surface area contributed by atoms with Crippen LogP contribution in [-0.4, -0.2) is 65.1 Å². The maximum Gasteiger partial charge on any atom is 0.406 e. The molecule has 3 heterocycles. The van der Waals surface area contributed by atoms with Crippen LogP contribution in [0.4, 0.5) is 32.4 Å². The maximum atomic E-state index is 13.2. The molecule has 1 atom stereocenters. The largest absolute Gasteiger partial charge is 0.506 e. The molecule has 3 aromatic rings. The fourth-order valence-corrected chi connectivity index (χ4v) is 6.93. The average molecular weight is 753 g/mol. The fraction of sp³-hybridized carbons (Fsp3) is 0.333. The van der Waals surface area contributed by atoms with E-state index in [0.717, 1.165) is 33.9 Å². The van der Waals surface area contributed by atoms with E-state index >= 15 is 0 Å². The molecule has 2 amide bonds.